The lowest BCUT2D eigenvalue weighted by molar-refractivity contribution is 0.697. The maximum atomic E-state index is 12.1. The summed E-state index contributed by atoms with van der Waals surface area (Å²) in [6.07, 6.45) is 1.64. The first-order chi connectivity index (χ1) is 8.75. The number of aromatic nitrogens is 3. The largest absolute Gasteiger partial charge is 0.329 e. The number of pyridine rings is 1. The standard InChI is InChI=1S/C12H9N3O2S/c16-11-10-9(4-6-18-10)14-12(17)15(11)7-8-3-1-2-5-13-8/h1-6H,7H2,(H,14,17). The number of hydrogen-bond acceptors (Lipinski definition) is 4. The molecule has 0 unspecified atom stereocenters. The van der Waals surface area contributed by atoms with E-state index < -0.39 is 5.69 Å². The lowest BCUT2D eigenvalue weighted by Gasteiger charge is -2.03. The number of nitrogens with one attached hydrogen (secondary N) is 1. The Bertz CT molecular complexity index is 801. The topological polar surface area (TPSA) is 67.8 Å². The SMILES string of the molecule is O=c1[nH]c2ccsc2c(=O)n1Cc1ccccn1. The number of hydrogen-bond donors (Lipinski definition) is 1. The fraction of sp³-hybridized carbons (Fsp3) is 0.0833. The van der Waals surface area contributed by atoms with Gasteiger partial charge in [0, 0.05) is 6.20 Å². The van der Waals surface area contributed by atoms with E-state index in [0.717, 1.165) is 0 Å². The van der Waals surface area contributed by atoms with Crippen LogP contribution in [-0.4, -0.2) is 14.5 Å². The summed E-state index contributed by atoms with van der Waals surface area (Å²) in [6.45, 7) is 0.183. The Morgan fingerprint density at radius 3 is 2.94 bits per heavy atom. The molecule has 3 aromatic heterocycles. The first kappa shape index (κ1) is 10.9. The van der Waals surface area contributed by atoms with Gasteiger partial charge in [-0.3, -0.25) is 14.3 Å². The van der Waals surface area contributed by atoms with Crippen molar-refractivity contribution in [3.8, 4) is 0 Å². The number of thiophene rings is 1. The minimum atomic E-state index is -0.406. The summed E-state index contributed by atoms with van der Waals surface area (Å²) in [7, 11) is 0. The van der Waals surface area contributed by atoms with Crippen LogP contribution < -0.4 is 11.2 Å². The van der Waals surface area contributed by atoms with E-state index in [1.54, 1.807) is 29.8 Å². The highest BCUT2D eigenvalue weighted by Crippen LogP contribution is 2.12. The molecule has 0 fully saturated rings. The average molecular weight is 259 g/mol. The van der Waals surface area contributed by atoms with E-state index in [-0.39, 0.29) is 12.1 Å². The van der Waals surface area contributed by atoms with Crippen LogP contribution in [-0.2, 0) is 6.54 Å². The Hall–Kier alpha value is -2.21. The highest BCUT2D eigenvalue weighted by Gasteiger charge is 2.09. The summed E-state index contributed by atoms with van der Waals surface area (Å²) < 4.78 is 1.73. The molecule has 3 heterocycles. The van der Waals surface area contributed by atoms with Crippen molar-refractivity contribution in [1.29, 1.82) is 0 Å². The molecular weight excluding hydrogens is 250 g/mol. The second-order valence-corrected chi connectivity index (χ2v) is 4.72. The third-order valence-corrected chi connectivity index (χ3v) is 3.54. The lowest BCUT2D eigenvalue weighted by atomic mass is 10.3. The number of rotatable bonds is 2. The summed E-state index contributed by atoms with van der Waals surface area (Å²) in [5.74, 6) is 0. The number of aromatic amines is 1. The van der Waals surface area contributed by atoms with Gasteiger partial charge >= 0.3 is 5.69 Å². The van der Waals surface area contributed by atoms with Crippen molar-refractivity contribution in [2.24, 2.45) is 0 Å². The van der Waals surface area contributed by atoms with Crippen LogP contribution >= 0.6 is 11.3 Å². The molecule has 0 aliphatic carbocycles. The minimum Gasteiger partial charge on any atom is -0.306 e. The molecule has 6 heteroatoms. The Kier molecular flexibility index (Phi) is 2.56. The van der Waals surface area contributed by atoms with Crippen molar-refractivity contribution >= 4 is 21.6 Å². The van der Waals surface area contributed by atoms with E-state index in [0.29, 0.717) is 15.9 Å². The van der Waals surface area contributed by atoms with Gasteiger partial charge in [0.25, 0.3) is 5.56 Å². The zero-order valence-electron chi connectivity index (χ0n) is 9.29. The first-order valence-electron chi connectivity index (χ1n) is 5.36. The fourth-order valence-corrected chi connectivity index (χ4v) is 2.57. The maximum absolute atomic E-state index is 12.1. The second kappa shape index (κ2) is 4.23. The molecule has 0 saturated heterocycles. The smallest absolute Gasteiger partial charge is 0.306 e. The molecule has 0 spiro atoms. The molecule has 0 bridgehead atoms. The fourth-order valence-electron chi connectivity index (χ4n) is 1.77. The van der Waals surface area contributed by atoms with Crippen LogP contribution in [0.2, 0.25) is 0 Å². The van der Waals surface area contributed by atoms with Gasteiger partial charge in [0.2, 0.25) is 0 Å². The van der Waals surface area contributed by atoms with Crippen LogP contribution in [0.15, 0.2) is 45.4 Å². The monoisotopic (exact) mass is 259 g/mol. The second-order valence-electron chi connectivity index (χ2n) is 3.81. The summed E-state index contributed by atoms with van der Waals surface area (Å²) >= 11 is 1.32. The van der Waals surface area contributed by atoms with Gasteiger partial charge in [0.1, 0.15) is 4.70 Å². The third-order valence-electron chi connectivity index (χ3n) is 2.64. The Labute approximate surface area is 105 Å². The van der Waals surface area contributed by atoms with Crippen molar-refractivity contribution in [3.63, 3.8) is 0 Å². The van der Waals surface area contributed by atoms with Gasteiger partial charge in [-0.1, -0.05) is 6.07 Å². The van der Waals surface area contributed by atoms with E-state index in [9.17, 15) is 9.59 Å². The number of fused-ring (bicyclic) bond motifs is 1. The molecule has 0 amide bonds. The Morgan fingerprint density at radius 2 is 2.17 bits per heavy atom. The quantitative estimate of drug-likeness (QED) is 0.751. The van der Waals surface area contributed by atoms with Crippen molar-refractivity contribution in [2.75, 3.05) is 0 Å². The van der Waals surface area contributed by atoms with Crippen molar-refractivity contribution in [2.45, 2.75) is 6.54 Å². The molecule has 0 atom stereocenters. The molecule has 90 valence electrons. The van der Waals surface area contributed by atoms with Gasteiger partial charge in [-0.15, -0.1) is 11.3 Å². The lowest BCUT2D eigenvalue weighted by Crippen LogP contribution is -2.35. The minimum absolute atomic E-state index is 0.183. The van der Waals surface area contributed by atoms with Crippen LogP contribution in [0.5, 0.6) is 0 Å². The molecule has 0 radical (unpaired) electrons. The van der Waals surface area contributed by atoms with Gasteiger partial charge in [-0.2, -0.15) is 0 Å². The van der Waals surface area contributed by atoms with Crippen molar-refractivity contribution < 1.29 is 0 Å². The molecule has 0 aliphatic heterocycles. The van der Waals surface area contributed by atoms with Crippen LogP contribution in [0.3, 0.4) is 0 Å². The van der Waals surface area contributed by atoms with Gasteiger partial charge in [-0.05, 0) is 23.6 Å². The van der Waals surface area contributed by atoms with Gasteiger partial charge in [0.05, 0.1) is 17.8 Å². The van der Waals surface area contributed by atoms with Crippen LogP contribution in [0.1, 0.15) is 5.69 Å². The number of H-pyrrole nitrogens is 1. The van der Waals surface area contributed by atoms with Crippen molar-refractivity contribution in [1.82, 2.24) is 14.5 Å². The molecule has 18 heavy (non-hydrogen) atoms. The number of nitrogens with zero attached hydrogens (tertiary/aromatic N) is 2. The normalized spacial score (nSPS) is 10.9. The van der Waals surface area contributed by atoms with Gasteiger partial charge in [0.15, 0.2) is 0 Å². The van der Waals surface area contributed by atoms with Crippen molar-refractivity contribution in [3.05, 3.63) is 62.4 Å². The van der Waals surface area contributed by atoms with Gasteiger partial charge in [-0.25, -0.2) is 4.79 Å². The molecule has 3 aromatic rings. The molecule has 0 saturated carbocycles. The summed E-state index contributed by atoms with van der Waals surface area (Å²) in [5, 5.41) is 1.78. The van der Waals surface area contributed by atoms with Crippen LogP contribution in [0, 0.1) is 0 Å². The molecular formula is C12H9N3O2S. The van der Waals surface area contributed by atoms with Gasteiger partial charge < -0.3 is 4.98 Å². The summed E-state index contributed by atoms with van der Waals surface area (Å²) in [6, 6.07) is 7.13. The maximum Gasteiger partial charge on any atom is 0.329 e. The average Bonchev–Trinajstić information content (AvgIpc) is 2.84. The highest BCUT2D eigenvalue weighted by molar-refractivity contribution is 7.17. The van der Waals surface area contributed by atoms with Crippen LogP contribution in [0.4, 0.5) is 0 Å². The zero-order chi connectivity index (χ0) is 12.5. The van der Waals surface area contributed by atoms with E-state index in [1.807, 2.05) is 6.07 Å². The predicted octanol–water partition coefficient (Wildman–Crippen LogP) is 1.19. The Morgan fingerprint density at radius 1 is 1.28 bits per heavy atom. The van der Waals surface area contributed by atoms with E-state index in [1.165, 1.54) is 15.9 Å². The molecule has 5 nitrogen and oxygen atoms in total. The zero-order valence-corrected chi connectivity index (χ0v) is 10.1. The first-order valence-corrected chi connectivity index (χ1v) is 6.24. The Balaban J connectivity index is 2.18. The van der Waals surface area contributed by atoms with E-state index in [4.69, 9.17) is 0 Å². The van der Waals surface area contributed by atoms with E-state index in [2.05, 4.69) is 9.97 Å². The summed E-state index contributed by atoms with van der Waals surface area (Å²) in [4.78, 5) is 30.8. The molecule has 0 aliphatic rings. The highest BCUT2D eigenvalue weighted by atomic mass is 32.1. The molecule has 1 N–H and O–H groups in total. The third kappa shape index (κ3) is 1.76. The summed E-state index contributed by atoms with van der Waals surface area (Å²) in [5.41, 5.74) is 0.597. The molecule has 0 aromatic carbocycles. The molecule has 3 rings (SSSR count). The van der Waals surface area contributed by atoms with Crippen LogP contribution in [0.25, 0.3) is 10.2 Å². The van der Waals surface area contributed by atoms with E-state index >= 15 is 0 Å². The predicted molar refractivity (Wildman–Crippen MR) is 70.0 cm³/mol.